The van der Waals surface area contributed by atoms with Crippen LogP contribution in [0.1, 0.15) is 32.6 Å². The van der Waals surface area contributed by atoms with Crippen LogP contribution in [0.25, 0.3) is 0 Å². The molecule has 0 aliphatic heterocycles. The van der Waals surface area contributed by atoms with Crippen LogP contribution in [0.4, 0.5) is 0 Å². The Kier molecular flexibility index (Phi) is 18.7. The van der Waals surface area contributed by atoms with Crippen LogP contribution in [0.3, 0.4) is 0 Å². The summed E-state index contributed by atoms with van der Waals surface area (Å²) in [5, 5.41) is 0. The first-order valence-electron chi connectivity index (χ1n) is 5.01. The van der Waals surface area contributed by atoms with E-state index in [9.17, 15) is 0 Å². The van der Waals surface area contributed by atoms with Crippen LogP contribution < -0.4 is 0 Å². The van der Waals surface area contributed by atoms with Gasteiger partial charge in [-0.05, 0) is 26.2 Å². The van der Waals surface area contributed by atoms with E-state index in [0.717, 1.165) is 32.5 Å². The summed E-state index contributed by atoms with van der Waals surface area (Å²) in [4.78, 5) is 0. The maximum absolute atomic E-state index is 5.23. The van der Waals surface area contributed by atoms with E-state index in [1.165, 1.54) is 6.42 Å². The standard InChI is InChI=1S/C11H21O2.Li.H/c1-3-5-7-8-10-13-11-12-9-6-4-2;;/h5,7H,1,3-4,6,8-11H2,2H3;;/b7-5-;;. The first kappa shape index (κ1) is 16.7. The van der Waals surface area contributed by atoms with Crippen LogP contribution in [0.5, 0.6) is 0 Å². The van der Waals surface area contributed by atoms with Gasteiger partial charge in [-0.25, -0.2) is 0 Å². The first-order chi connectivity index (χ1) is 6.41. The Morgan fingerprint density at radius 3 is 2.50 bits per heavy atom. The third-order valence-electron chi connectivity index (χ3n) is 1.57. The molecule has 0 amide bonds. The summed E-state index contributed by atoms with van der Waals surface area (Å²) in [5.41, 5.74) is 0. The predicted octanol–water partition coefficient (Wildman–Crippen LogP) is 2.30. The molecular weight excluding hydrogens is 171 g/mol. The summed E-state index contributed by atoms with van der Waals surface area (Å²) in [5.74, 6) is 0. The van der Waals surface area contributed by atoms with Gasteiger partial charge in [0.2, 0.25) is 0 Å². The second kappa shape index (κ2) is 15.7. The molecular formula is C11H22LiO2. The Hall–Kier alpha value is 0.257. The summed E-state index contributed by atoms with van der Waals surface area (Å²) in [6.45, 7) is 7.83. The summed E-state index contributed by atoms with van der Waals surface area (Å²) in [7, 11) is 0. The fourth-order valence-corrected chi connectivity index (χ4v) is 0.810. The van der Waals surface area contributed by atoms with Gasteiger partial charge in [-0.2, -0.15) is 0 Å². The molecule has 1 radical (unpaired) electrons. The molecule has 0 saturated heterocycles. The molecule has 2 nitrogen and oxygen atoms in total. The van der Waals surface area contributed by atoms with Gasteiger partial charge in [0.05, 0.1) is 6.61 Å². The number of ether oxygens (including phenoxy) is 2. The van der Waals surface area contributed by atoms with Crippen LogP contribution in [-0.2, 0) is 9.47 Å². The molecule has 0 aliphatic rings. The second-order valence-corrected chi connectivity index (χ2v) is 2.84. The van der Waals surface area contributed by atoms with Gasteiger partial charge in [0.25, 0.3) is 0 Å². The Morgan fingerprint density at radius 1 is 1.14 bits per heavy atom. The molecule has 0 N–H and O–H groups in total. The summed E-state index contributed by atoms with van der Waals surface area (Å²) < 4.78 is 10.5. The van der Waals surface area contributed by atoms with Gasteiger partial charge < -0.3 is 9.47 Å². The maximum atomic E-state index is 5.23. The molecule has 0 rings (SSSR count). The summed E-state index contributed by atoms with van der Waals surface area (Å²) >= 11 is 0. The molecule has 0 spiro atoms. The molecule has 0 fully saturated rings. The zero-order valence-electron chi connectivity index (χ0n) is 8.63. The van der Waals surface area contributed by atoms with Gasteiger partial charge in [-0.1, -0.05) is 25.5 Å². The van der Waals surface area contributed by atoms with Crippen molar-refractivity contribution in [3.63, 3.8) is 0 Å². The van der Waals surface area contributed by atoms with Gasteiger partial charge >= 0.3 is 18.9 Å². The van der Waals surface area contributed by atoms with Crippen LogP contribution in [0, 0.1) is 6.92 Å². The van der Waals surface area contributed by atoms with Crippen molar-refractivity contribution in [2.45, 2.75) is 32.6 Å². The van der Waals surface area contributed by atoms with Crippen LogP contribution in [0.15, 0.2) is 12.2 Å². The third-order valence-corrected chi connectivity index (χ3v) is 1.57. The molecule has 0 heterocycles. The van der Waals surface area contributed by atoms with Crippen LogP contribution in [-0.4, -0.2) is 38.9 Å². The van der Waals surface area contributed by atoms with Gasteiger partial charge in [-0.3, -0.25) is 0 Å². The van der Waals surface area contributed by atoms with Gasteiger partial charge in [-0.15, -0.1) is 0 Å². The Labute approximate surface area is 100 Å². The SMILES string of the molecule is [CH2]C/C=C\CCOCOCCCC.[LiH]. The number of unbranched alkanes of at least 4 members (excludes halogenated alkanes) is 1. The fourth-order valence-electron chi connectivity index (χ4n) is 0.810. The third kappa shape index (κ3) is 14.8. The van der Waals surface area contributed by atoms with Crippen molar-refractivity contribution in [3.05, 3.63) is 19.1 Å². The Bertz CT molecular complexity index is 116. The van der Waals surface area contributed by atoms with Crippen LogP contribution in [0.2, 0.25) is 0 Å². The predicted molar refractivity (Wildman–Crippen MR) is 62.6 cm³/mol. The van der Waals surface area contributed by atoms with Crippen molar-refractivity contribution in [2.24, 2.45) is 0 Å². The average molecular weight is 193 g/mol. The zero-order chi connectivity index (χ0) is 9.78. The van der Waals surface area contributed by atoms with E-state index in [-0.39, 0.29) is 18.9 Å². The van der Waals surface area contributed by atoms with E-state index in [2.05, 4.69) is 19.9 Å². The number of rotatable bonds is 9. The normalized spacial score (nSPS) is 10.4. The van der Waals surface area contributed by atoms with Crippen molar-refractivity contribution < 1.29 is 9.47 Å². The van der Waals surface area contributed by atoms with Crippen molar-refractivity contribution in [1.29, 1.82) is 0 Å². The van der Waals surface area contributed by atoms with Gasteiger partial charge in [0.15, 0.2) is 0 Å². The van der Waals surface area contributed by atoms with Crippen molar-refractivity contribution >= 4 is 18.9 Å². The van der Waals surface area contributed by atoms with Crippen molar-refractivity contribution in [2.75, 3.05) is 20.0 Å². The molecule has 14 heavy (non-hydrogen) atoms. The van der Waals surface area contributed by atoms with Gasteiger partial charge in [0.1, 0.15) is 6.79 Å². The van der Waals surface area contributed by atoms with E-state index >= 15 is 0 Å². The van der Waals surface area contributed by atoms with E-state index in [4.69, 9.17) is 9.47 Å². The molecule has 0 aromatic heterocycles. The molecule has 3 heteroatoms. The topological polar surface area (TPSA) is 18.5 Å². The molecule has 0 saturated carbocycles. The van der Waals surface area contributed by atoms with E-state index < -0.39 is 0 Å². The molecule has 0 aromatic carbocycles. The molecule has 79 valence electrons. The Morgan fingerprint density at radius 2 is 1.86 bits per heavy atom. The molecule has 0 aliphatic carbocycles. The van der Waals surface area contributed by atoms with E-state index in [1.54, 1.807) is 0 Å². The monoisotopic (exact) mass is 193 g/mol. The first-order valence-corrected chi connectivity index (χ1v) is 5.01. The fraction of sp³-hybridized carbons (Fsp3) is 0.727. The molecule has 0 atom stereocenters. The average Bonchev–Trinajstić information content (AvgIpc) is 2.16. The number of allylic oxidation sites excluding steroid dienone is 1. The van der Waals surface area contributed by atoms with Gasteiger partial charge in [0, 0.05) is 6.61 Å². The van der Waals surface area contributed by atoms with Crippen molar-refractivity contribution in [1.82, 2.24) is 0 Å². The van der Waals surface area contributed by atoms with Crippen LogP contribution >= 0.6 is 0 Å². The molecule has 0 aromatic rings. The molecule has 0 bridgehead atoms. The summed E-state index contributed by atoms with van der Waals surface area (Å²) in [6, 6.07) is 0. The second-order valence-electron chi connectivity index (χ2n) is 2.84. The number of hydrogen-bond acceptors (Lipinski definition) is 2. The minimum absolute atomic E-state index is 0. The van der Waals surface area contributed by atoms with Crippen molar-refractivity contribution in [3.8, 4) is 0 Å². The zero-order valence-corrected chi connectivity index (χ0v) is 8.63. The quantitative estimate of drug-likeness (QED) is 0.242. The molecule has 0 unspecified atom stereocenters. The van der Waals surface area contributed by atoms with E-state index in [1.807, 2.05) is 6.08 Å². The van der Waals surface area contributed by atoms with E-state index in [0.29, 0.717) is 6.79 Å². The minimum atomic E-state index is 0. The Balaban J connectivity index is 0. The number of hydrogen-bond donors (Lipinski definition) is 0. The summed E-state index contributed by atoms with van der Waals surface area (Å²) in [6.07, 6.45) is 8.22.